The highest BCUT2D eigenvalue weighted by Gasteiger charge is 2.44. The molecule has 0 N–H and O–H groups in total. The summed E-state index contributed by atoms with van der Waals surface area (Å²) in [7, 11) is 0. The highest BCUT2D eigenvalue weighted by molar-refractivity contribution is 5.08. The first-order chi connectivity index (χ1) is 5.87. The summed E-state index contributed by atoms with van der Waals surface area (Å²) in [5, 5.41) is 9.08. The molecule has 1 aliphatic carbocycles. The van der Waals surface area contributed by atoms with Crippen molar-refractivity contribution in [1.82, 2.24) is 0 Å². The van der Waals surface area contributed by atoms with Crippen molar-refractivity contribution in [3.05, 3.63) is 0 Å². The highest BCUT2D eigenvalue weighted by Crippen LogP contribution is 2.49. The second-order valence-electron chi connectivity index (χ2n) is 4.04. The minimum absolute atomic E-state index is 0.0143. The summed E-state index contributed by atoms with van der Waals surface area (Å²) in [6.07, 6.45) is 5.81. The maximum Gasteiger partial charge on any atom is 0.0693 e. The molecule has 0 aromatic carbocycles. The minimum Gasteiger partial charge on any atom is -0.381 e. The SMILES string of the molecule is N#CC1([C@H]2CCCOC2)CCC1. The Balaban J connectivity index is 2.01. The molecule has 0 spiro atoms. The van der Waals surface area contributed by atoms with E-state index in [0.29, 0.717) is 5.92 Å². The van der Waals surface area contributed by atoms with Crippen LogP contribution in [0.4, 0.5) is 0 Å². The quantitative estimate of drug-likeness (QED) is 0.596. The second-order valence-corrected chi connectivity index (χ2v) is 4.04. The van der Waals surface area contributed by atoms with Gasteiger partial charge in [-0.05, 0) is 25.7 Å². The third-order valence-electron chi connectivity index (χ3n) is 3.41. The van der Waals surface area contributed by atoms with E-state index in [9.17, 15) is 0 Å². The molecule has 1 heterocycles. The Morgan fingerprint density at radius 2 is 2.17 bits per heavy atom. The van der Waals surface area contributed by atoms with Crippen molar-refractivity contribution in [2.24, 2.45) is 11.3 Å². The van der Waals surface area contributed by atoms with Crippen LogP contribution < -0.4 is 0 Å². The molecule has 2 nitrogen and oxygen atoms in total. The van der Waals surface area contributed by atoms with E-state index in [1.54, 1.807) is 0 Å². The lowest BCUT2D eigenvalue weighted by molar-refractivity contribution is -0.0180. The average Bonchev–Trinajstić information content (AvgIpc) is 2.05. The van der Waals surface area contributed by atoms with E-state index in [0.717, 1.165) is 32.5 Å². The molecule has 0 aromatic rings. The van der Waals surface area contributed by atoms with Gasteiger partial charge in [-0.1, -0.05) is 6.42 Å². The van der Waals surface area contributed by atoms with Crippen molar-refractivity contribution >= 4 is 0 Å². The van der Waals surface area contributed by atoms with Crippen molar-refractivity contribution < 1.29 is 4.74 Å². The summed E-state index contributed by atoms with van der Waals surface area (Å²) in [5.41, 5.74) is 0.0143. The van der Waals surface area contributed by atoms with Crippen molar-refractivity contribution in [1.29, 1.82) is 5.26 Å². The van der Waals surface area contributed by atoms with Crippen LogP contribution in [0.3, 0.4) is 0 Å². The van der Waals surface area contributed by atoms with E-state index in [4.69, 9.17) is 10.00 Å². The molecular formula is C10H15NO. The molecule has 1 aliphatic heterocycles. The van der Waals surface area contributed by atoms with Gasteiger partial charge in [-0.15, -0.1) is 0 Å². The van der Waals surface area contributed by atoms with E-state index in [-0.39, 0.29) is 5.41 Å². The van der Waals surface area contributed by atoms with Gasteiger partial charge in [0, 0.05) is 12.5 Å². The third kappa shape index (κ3) is 1.13. The molecule has 2 fully saturated rings. The number of hydrogen-bond acceptors (Lipinski definition) is 2. The van der Waals surface area contributed by atoms with Gasteiger partial charge in [-0.2, -0.15) is 5.26 Å². The number of nitrogens with zero attached hydrogens (tertiary/aromatic N) is 1. The molecule has 2 aliphatic rings. The molecule has 0 unspecified atom stereocenters. The van der Waals surface area contributed by atoms with Gasteiger partial charge in [0.25, 0.3) is 0 Å². The van der Waals surface area contributed by atoms with Gasteiger partial charge in [0.2, 0.25) is 0 Å². The lowest BCUT2D eigenvalue weighted by atomic mass is 9.61. The predicted molar refractivity (Wildman–Crippen MR) is 45.4 cm³/mol. The first kappa shape index (κ1) is 8.07. The molecule has 12 heavy (non-hydrogen) atoms. The second kappa shape index (κ2) is 3.06. The van der Waals surface area contributed by atoms with Gasteiger partial charge < -0.3 is 4.74 Å². The minimum atomic E-state index is 0.0143. The van der Waals surface area contributed by atoms with Crippen LogP contribution >= 0.6 is 0 Å². The zero-order valence-corrected chi connectivity index (χ0v) is 7.38. The fourth-order valence-electron chi connectivity index (χ4n) is 2.35. The van der Waals surface area contributed by atoms with Crippen LogP contribution in [0.25, 0.3) is 0 Å². The van der Waals surface area contributed by atoms with Crippen LogP contribution in [0.1, 0.15) is 32.1 Å². The number of nitriles is 1. The van der Waals surface area contributed by atoms with Gasteiger partial charge in [-0.3, -0.25) is 0 Å². The van der Waals surface area contributed by atoms with Crippen molar-refractivity contribution in [2.45, 2.75) is 32.1 Å². The highest BCUT2D eigenvalue weighted by atomic mass is 16.5. The Hall–Kier alpha value is -0.550. The number of hydrogen-bond donors (Lipinski definition) is 0. The van der Waals surface area contributed by atoms with Crippen LogP contribution in [0.2, 0.25) is 0 Å². The molecule has 0 amide bonds. The predicted octanol–water partition coefficient (Wildman–Crippen LogP) is 2.11. The van der Waals surface area contributed by atoms with Crippen LogP contribution in [0.5, 0.6) is 0 Å². The molecule has 1 saturated carbocycles. The van der Waals surface area contributed by atoms with Gasteiger partial charge >= 0.3 is 0 Å². The zero-order valence-electron chi connectivity index (χ0n) is 7.38. The van der Waals surface area contributed by atoms with Gasteiger partial charge in [-0.25, -0.2) is 0 Å². The lowest BCUT2D eigenvalue weighted by Crippen LogP contribution is -2.40. The molecule has 1 saturated heterocycles. The Morgan fingerprint density at radius 3 is 2.58 bits per heavy atom. The third-order valence-corrected chi connectivity index (χ3v) is 3.41. The zero-order chi connectivity index (χ0) is 8.44. The molecule has 1 atom stereocenters. The number of rotatable bonds is 1. The molecule has 66 valence electrons. The Kier molecular flexibility index (Phi) is 2.06. The van der Waals surface area contributed by atoms with Crippen LogP contribution in [-0.4, -0.2) is 13.2 Å². The topological polar surface area (TPSA) is 33.0 Å². The molecule has 2 rings (SSSR count). The standard InChI is InChI=1S/C10H15NO/c11-8-10(4-2-5-10)9-3-1-6-12-7-9/h9H,1-7H2/t9-/m0/s1. The maximum atomic E-state index is 9.08. The van der Waals surface area contributed by atoms with Crippen molar-refractivity contribution in [3.8, 4) is 6.07 Å². The summed E-state index contributed by atoms with van der Waals surface area (Å²) in [4.78, 5) is 0. The van der Waals surface area contributed by atoms with Crippen LogP contribution in [0, 0.1) is 22.7 Å². The van der Waals surface area contributed by atoms with Crippen LogP contribution in [-0.2, 0) is 4.74 Å². The van der Waals surface area contributed by atoms with E-state index in [1.807, 2.05) is 0 Å². The average molecular weight is 165 g/mol. The van der Waals surface area contributed by atoms with E-state index < -0.39 is 0 Å². The summed E-state index contributed by atoms with van der Waals surface area (Å²) >= 11 is 0. The van der Waals surface area contributed by atoms with E-state index in [1.165, 1.54) is 12.8 Å². The van der Waals surface area contributed by atoms with Gasteiger partial charge in [0.1, 0.15) is 0 Å². The monoisotopic (exact) mass is 165 g/mol. The molecular weight excluding hydrogens is 150 g/mol. The Labute approximate surface area is 73.5 Å². The summed E-state index contributed by atoms with van der Waals surface area (Å²) in [6.45, 7) is 1.73. The Morgan fingerprint density at radius 1 is 1.33 bits per heavy atom. The molecule has 0 bridgehead atoms. The molecule has 2 heteroatoms. The normalized spacial score (nSPS) is 33.4. The fraction of sp³-hybridized carbons (Fsp3) is 0.900. The van der Waals surface area contributed by atoms with E-state index in [2.05, 4.69) is 6.07 Å². The molecule has 0 radical (unpaired) electrons. The fourth-order valence-corrected chi connectivity index (χ4v) is 2.35. The largest absolute Gasteiger partial charge is 0.381 e. The van der Waals surface area contributed by atoms with Crippen LogP contribution in [0.15, 0.2) is 0 Å². The lowest BCUT2D eigenvalue weighted by Gasteiger charge is -2.43. The van der Waals surface area contributed by atoms with Gasteiger partial charge in [0.15, 0.2) is 0 Å². The van der Waals surface area contributed by atoms with Crippen molar-refractivity contribution in [2.75, 3.05) is 13.2 Å². The Bertz CT molecular complexity index is 196. The maximum absolute atomic E-state index is 9.08. The smallest absolute Gasteiger partial charge is 0.0693 e. The van der Waals surface area contributed by atoms with E-state index >= 15 is 0 Å². The summed E-state index contributed by atoms with van der Waals surface area (Å²) in [6, 6.07) is 2.50. The van der Waals surface area contributed by atoms with Crippen molar-refractivity contribution in [3.63, 3.8) is 0 Å². The first-order valence-electron chi connectivity index (χ1n) is 4.86. The molecule has 0 aromatic heterocycles. The first-order valence-corrected chi connectivity index (χ1v) is 4.86. The summed E-state index contributed by atoms with van der Waals surface area (Å²) < 4.78 is 5.41. The van der Waals surface area contributed by atoms with Gasteiger partial charge in [0.05, 0.1) is 18.1 Å². The summed E-state index contributed by atoms with van der Waals surface area (Å²) in [5.74, 6) is 0.532. The number of ether oxygens (including phenoxy) is 1.